The van der Waals surface area contributed by atoms with Gasteiger partial charge in [0.15, 0.2) is 0 Å². The minimum Gasteiger partial charge on any atom is -0.481 e. The van der Waals surface area contributed by atoms with Crippen molar-refractivity contribution in [3.63, 3.8) is 0 Å². The summed E-state index contributed by atoms with van der Waals surface area (Å²) in [7, 11) is 0. The highest BCUT2D eigenvalue weighted by Gasteiger charge is 2.27. The summed E-state index contributed by atoms with van der Waals surface area (Å²) in [4.78, 5) is 24.2. The molecule has 0 aromatic rings. The molecule has 0 radical (unpaired) electrons. The Hall–Kier alpha value is -1.26. The maximum Gasteiger partial charge on any atom is 0.317 e. The number of carbonyl (C=O) groups is 2. The largest absolute Gasteiger partial charge is 0.481 e. The van der Waals surface area contributed by atoms with Gasteiger partial charge < -0.3 is 15.3 Å². The SMILES string of the molecule is CCC(CC)CNC(=O)N1CCC(CC(=O)O)C1. The molecule has 0 aliphatic carbocycles. The van der Waals surface area contributed by atoms with Gasteiger partial charge in [-0.2, -0.15) is 0 Å². The summed E-state index contributed by atoms with van der Waals surface area (Å²) in [5.41, 5.74) is 0. The number of aliphatic carboxylic acids is 1. The molecule has 104 valence electrons. The molecule has 2 N–H and O–H groups in total. The summed E-state index contributed by atoms with van der Waals surface area (Å²) in [5, 5.41) is 11.7. The van der Waals surface area contributed by atoms with Gasteiger partial charge in [-0.15, -0.1) is 0 Å². The fourth-order valence-electron chi connectivity index (χ4n) is 2.35. The van der Waals surface area contributed by atoms with Crippen molar-refractivity contribution < 1.29 is 14.7 Å². The molecule has 1 rings (SSSR count). The van der Waals surface area contributed by atoms with E-state index in [0.717, 1.165) is 19.3 Å². The van der Waals surface area contributed by atoms with E-state index >= 15 is 0 Å². The van der Waals surface area contributed by atoms with Crippen LogP contribution in [0, 0.1) is 11.8 Å². The molecular formula is C13H24N2O3. The molecule has 0 aromatic heterocycles. The molecule has 1 unspecified atom stereocenters. The third-order valence-corrected chi connectivity index (χ3v) is 3.73. The van der Waals surface area contributed by atoms with Crippen LogP contribution in [0.15, 0.2) is 0 Å². The van der Waals surface area contributed by atoms with E-state index < -0.39 is 5.97 Å². The number of urea groups is 1. The summed E-state index contributed by atoms with van der Waals surface area (Å²) in [6.07, 6.45) is 3.10. The second kappa shape index (κ2) is 7.24. The Morgan fingerprint density at radius 2 is 2.06 bits per heavy atom. The molecule has 0 spiro atoms. The summed E-state index contributed by atoms with van der Waals surface area (Å²) >= 11 is 0. The standard InChI is InChI=1S/C13H24N2O3/c1-3-10(4-2)8-14-13(18)15-6-5-11(9-15)7-12(16)17/h10-11H,3-9H2,1-2H3,(H,14,18)(H,16,17). The van der Waals surface area contributed by atoms with Gasteiger partial charge in [0.05, 0.1) is 0 Å². The van der Waals surface area contributed by atoms with Crippen LogP contribution in [0.3, 0.4) is 0 Å². The highest BCUT2D eigenvalue weighted by molar-refractivity contribution is 5.74. The first-order valence-electron chi connectivity index (χ1n) is 6.81. The lowest BCUT2D eigenvalue weighted by Gasteiger charge is -2.19. The van der Waals surface area contributed by atoms with Gasteiger partial charge in [0.1, 0.15) is 0 Å². The topological polar surface area (TPSA) is 69.6 Å². The minimum atomic E-state index is -0.778. The van der Waals surface area contributed by atoms with Gasteiger partial charge in [0.25, 0.3) is 0 Å². The maximum atomic E-state index is 11.9. The van der Waals surface area contributed by atoms with E-state index in [2.05, 4.69) is 19.2 Å². The number of carbonyl (C=O) groups excluding carboxylic acids is 1. The van der Waals surface area contributed by atoms with E-state index in [4.69, 9.17) is 5.11 Å². The van der Waals surface area contributed by atoms with Crippen LogP contribution in [0.4, 0.5) is 4.79 Å². The minimum absolute atomic E-state index is 0.0465. The van der Waals surface area contributed by atoms with Gasteiger partial charge in [-0.05, 0) is 18.3 Å². The second-order valence-corrected chi connectivity index (χ2v) is 5.07. The highest BCUT2D eigenvalue weighted by Crippen LogP contribution is 2.19. The zero-order valence-corrected chi connectivity index (χ0v) is 11.3. The quantitative estimate of drug-likeness (QED) is 0.763. The highest BCUT2D eigenvalue weighted by atomic mass is 16.4. The normalized spacial score (nSPS) is 19.3. The maximum absolute atomic E-state index is 11.9. The van der Waals surface area contributed by atoms with Crippen LogP contribution in [0.25, 0.3) is 0 Å². The molecule has 1 aliphatic rings. The zero-order chi connectivity index (χ0) is 13.5. The summed E-state index contributed by atoms with van der Waals surface area (Å²) in [6, 6.07) is -0.0465. The molecule has 5 nitrogen and oxygen atoms in total. The first kappa shape index (κ1) is 14.8. The lowest BCUT2D eigenvalue weighted by Crippen LogP contribution is -2.40. The van der Waals surface area contributed by atoms with Crippen LogP contribution >= 0.6 is 0 Å². The molecule has 0 bridgehead atoms. The van der Waals surface area contributed by atoms with Crippen molar-refractivity contribution in [3.05, 3.63) is 0 Å². The van der Waals surface area contributed by atoms with E-state index in [0.29, 0.717) is 25.6 Å². The fourth-order valence-corrected chi connectivity index (χ4v) is 2.35. The van der Waals surface area contributed by atoms with E-state index in [9.17, 15) is 9.59 Å². The van der Waals surface area contributed by atoms with E-state index in [1.54, 1.807) is 4.90 Å². The number of amides is 2. The molecule has 1 atom stereocenters. The average molecular weight is 256 g/mol. The van der Waals surface area contributed by atoms with Crippen LogP contribution in [0.2, 0.25) is 0 Å². The molecule has 1 heterocycles. The molecule has 1 aliphatic heterocycles. The number of hydrogen-bond acceptors (Lipinski definition) is 2. The van der Waals surface area contributed by atoms with Crippen molar-refractivity contribution in [2.45, 2.75) is 39.5 Å². The van der Waals surface area contributed by atoms with E-state index in [1.165, 1.54) is 0 Å². The fraction of sp³-hybridized carbons (Fsp3) is 0.846. The number of carboxylic acid groups (broad SMARTS) is 1. The molecule has 5 heteroatoms. The molecular weight excluding hydrogens is 232 g/mol. The summed E-state index contributed by atoms with van der Waals surface area (Å²) < 4.78 is 0. The zero-order valence-electron chi connectivity index (χ0n) is 11.3. The van der Waals surface area contributed by atoms with Crippen molar-refractivity contribution in [2.75, 3.05) is 19.6 Å². The van der Waals surface area contributed by atoms with E-state index in [1.807, 2.05) is 0 Å². The monoisotopic (exact) mass is 256 g/mol. The molecule has 2 amide bonds. The Morgan fingerprint density at radius 3 is 2.61 bits per heavy atom. The second-order valence-electron chi connectivity index (χ2n) is 5.07. The first-order chi connectivity index (χ1) is 8.56. The Kier molecular flexibility index (Phi) is 5.95. The predicted octanol–water partition coefficient (Wildman–Crippen LogP) is 1.93. The van der Waals surface area contributed by atoms with Gasteiger partial charge in [0, 0.05) is 26.1 Å². The predicted molar refractivity (Wildman–Crippen MR) is 69.4 cm³/mol. The molecule has 18 heavy (non-hydrogen) atoms. The molecule has 0 saturated carbocycles. The van der Waals surface area contributed by atoms with Gasteiger partial charge >= 0.3 is 12.0 Å². The molecule has 1 fully saturated rings. The van der Waals surface area contributed by atoms with Crippen LogP contribution < -0.4 is 5.32 Å². The Bertz CT molecular complexity index is 290. The van der Waals surface area contributed by atoms with Crippen molar-refractivity contribution in [1.29, 1.82) is 0 Å². The van der Waals surface area contributed by atoms with Gasteiger partial charge in [-0.3, -0.25) is 4.79 Å². The van der Waals surface area contributed by atoms with Gasteiger partial charge in [-0.25, -0.2) is 4.79 Å². The third kappa shape index (κ3) is 4.55. The average Bonchev–Trinajstić information content (AvgIpc) is 2.77. The van der Waals surface area contributed by atoms with Gasteiger partial charge in [0.2, 0.25) is 0 Å². The lowest BCUT2D eigenvalue weighted by molar-refractivity contribution is -0.138. The van der Waals surface area contributed by atoms with Crippen molar-refractivity contribution in [2.24, 2.45) is 11.8 Å². The number of likely N-dealkylation sites (tertiary alicyclic amines) is 1. The Labute approximate surface area is 109 Å². The molecule has 1 saturated heterocycles. The number of hydrogen-bond donors (Lipinski definition) is 2. The Balaban J connectivity index is 2.29. The van der Waals surface area contributed by atoms with Crippen molar-refractivity contribution >= 4 is 12.0 Å². The van der Waals surface area contributed by atoms with E-state index in [-0.39, 0.29) is 18.4 Å². The number of nitrogens with zero attached hydrogens (tertiary/aromatic N) is 1. The number of carboxylic acids is 1. The van der Waals surface area contributed by atoms with Crippen molar-refractivity contribution in [3.8, 4) is 0 Å². The number of rotatable bonds is 6. The van der Waals surface area contributed by atoms with Crippen LogP contribution in [-0.4, -0.2) is 41.6 Å². The van der Waals surface area contributed by atoms with Crippen LogP contribution in [0.1, 0.15) is 39.5 Å². The summed E-state index contributed by atoms with van der Waals surface area (Å²) in [5.74, 6) is -0.132. The Morgan fingerprint density at radius 1 is 1.39 bits per heavy atom. The number of nitrogens with one attached hydrogen (secondary N) is 1. The van der Waals surface area contributed by atoms with Crippen LogP contribution in [0.5, 0.6) is 0 Å². The third-order valence-electron chi connectivity index (χ3n) is 3.73. The smallest absolute Gasteiger partial charge is 0.317 e. The van der Waals surface area contributed by atoms with Crippen LogP contribution in [-0.2, 0) is 4.79 Å². The summed E-state index contributed by atoms with van der Waals surface area (Å²) in [6.45, 7) is 6.21. The van der Waals surface area contributed by atoms with Gasteiger partial charge in [-0.1, -0.05) is 26.7 Å². The van der Waals surface area contributed by atoms with Crippen molar-refractivity contribution in [1.82, 2.24) is 10.2 Å². The molecule has 0 aromatic carbocycles. The lowest BCUT2D eigenvalue weighted by atomic mass is 10.0. The first-order valence-corrected chi connectivity index (χ1v) is 6.81.